The molecular formula is C15H24F6O5. The molecule has 0 aliphatic rings. The van der Waals surface area contributed by atoms with Crippen molar-refractivity contribution in [1.29, 1.82) is 0 Å². The van der Waals surface area contributed by atoms with Gasteiger partial charge >= 0.3 is 12.4 Å². The maximum atomic E-state index is 12.4. The number of rotatable bonds is 12. The number of carbonyl (C=O) groups is 1. The van der Waals surface area contributed by atoms with Crippen LogP contribution >= 0.6 is 0 Å². The lowest BCUT2D eigenvalue weighted by molar-refractivity contribution is -0.169. The summed E-state index contributed by atoms with van der Waals surface area (Å²) in [6.45, 7) is 2.66. The summed E-state index contributed by atoms with van der Waals surface area (Å²) >= 11 is 0. The Morgan fingerprint density at radius 2 is 1.12 bits per heavy atom. The van der Waals surface area contributed by atoms with Crippen LogP contribution in [0.3, 0.4) is 0 Å². The Kier molecular flexibility index (Phi) is 10.7. The number of alkyl halides is 6. The van der Waals surface area contributed by atoms with Crippen molar-refractivity contribution >= 4 is 5.78 Å². The lowest BCUT2D eigenvalue weighted by Crippen LogP contribution is -2.39. The van der Waals surface area contributed by atoms with Gasteiger partial charge in [0.1, 0.15) is 12.2 Å². The SMILES string of the molecule is CCOC(C[C@@H](O)C(=O)[C@H](O)CC(CC(F)(F)F)OCC)CC(F)(F)F. The van der Waals surface area contributed by atoms with Gasteiger partial charge in [0.25, 0.3) is 0 Å². The van der Waals surface area contributed by atoms with E-state index in [9.17, 15) is 41.4 Å². The molecule has 0 amide bonds. The molecule has 0 aromatic rings. The van der Waals surface area contributed by atoms with Crippen LogP contribution < -0.4 is 0 Å². The van der Waals surface area contributed by atoms with Crippen LogP contribution in [0.2, 0.25) is 0 Å². The Morgan fingerprint density at radius 3 is 1.35 bits per heavy atom. The van der Waals surface area contributed by atoms with Gasteiger partial charge in [0.15, 0.2) is 5.78 Å². The van der Waals surface area contributed by atoms with Crippen LogP contribution in [0.4, 0.5) is 26.3 Å². The Labute approximate surface area is 147 Å². The fraction of sp³-hybridized carbons (Fsp3) is 0.933. The molecule has 0 saturated heterocycles. The molecule has 0 radical (unpaired) electrons. The number of halogens is 6. The maximum Gasteiger partial charge on any atom is 0.391 e. The van der Waals surface area contributed by atoms with Crippen molar-refractivity contribution in [3.05, 3.63) is 0 Å². The van der Waals surface area contributed by atoms with Crippen LogP contribution in [0.25, 0.3) is 0 Å². The molecule has 0 fully saturated rings. The second kappa shape index (κ2) is 11.1. The zero-order valence-corrected chi connectivity index (χ0v) is 14.4. The van der Waals surface area contributed by atoms with E-state index in [-0.39, 0.29) is 13.2 Å². The van der Waals surface area contributed by atoms with E-state index in [4.69, 9.17) is 9.47 Å². The van der Waals surface area contributed by atoms with E-state index < -0.39 is 68.2 Å². The normalized spacial score (nSPS) is 17.6. The Morgan fingerprint density at radius 1 is 0.808 bits per heavy atom. The van der Waals surface area contributed by atoms with E-state index >= 15 is 0 Å². The largest absolute Gasteiger partial charge is 0.391 e. The van der Waals surface area contributed by atoms with Gasteiger partial charge in [-0.3, -0.25) is 4.79 Å². The monoisotopic (exact) mass is 398 g/mol. The highest BCUT2D eigenvalue weighted by Crippen LogP contribution is 2.27. The van der Waals surface area contributed by atoms with E-state index in [1.807, 2.05) is 0 Å². The standard InChI is InChI=1S/C15H24F6O5/c1-3-25-9(7-14(16,17)18)5-11(22)13(24)12(23)6-10(26-4-2)8-15(19,20)21/h9-12,22-23H,3-8H2,1-2H3/t9?,10?,11-,12-/m1/s1. The second-order valence-electron chi connectivity index (χ2n) is 5.70. The molecule has 0 rings (SSSR count). The van der Waals surface area contributed by atoms with Crippen LogP contribution in [-0.2, 0) is 14.3 Å². The van der Waals surface area contributed by atoms with E-state index in [0.29, 0.717) is 0 Å². The highest BCUT2D eigenvalue weighted by atomic mass is 19.4. The summed E-state index contributed by atoms with van der Waals surface area (Å²) in [6, 6.07) is 0. The van der Waals surface area contributed by atoms with Gasteiger partial charge in [0.2, 0.25) is 0 Å². The van der Waals surface area contributed by atoms with Crippen molar-refractivity contribution in [2.45, 2.75) is 76.3 Å². The predicted octanol–water partition coefficient (Wildman–Crippen LogP) is 2.77. The smallest absolute Gasteiger partial charge is 0.385 e. The molecule has 0 aromatic carbocycles. The van der Waals surface area contributed by atoms with Crippen molar-refractivity contribution in [2.24, 2.45) is 0 Å². The van der Waals surface area contributed by atoms with Gasteiger partial charge in [-0.05, 0) is 13.8 Å². The van der Waals surface area contributed by atoms with Crippen molar-refractivity contribution in [2.75, 3.05) is 13.2 Å². The molecule has 156 valence electrons. The minimum Gasteiger partial charge on any atom is -0.385 e. The second-order valence-corrected chi connectivity index (χ2v) is 5.70. The Balaban J connectivity index is 4.80. The topological polar surface area (TPSA) is 76.0 Å². The summed E-state index contributed by atoms with van der Waals surface area (Å²) in [6.07, 6.45) is -20.5. The molecule has 2 N–H and O–H groups in total. The first-order chi connectivity index (χ1) is 11.8. The summed E-state index contributed by atoms with van der Waals surface area (Å²) in [4.78, 5) is 11.9. The quantitative estimate of drug-likeness (QED) is 0.495. The molecule has 0 bridgehead atoms. The summed E-state index contributed by atoms with van der Waals surface area (Å²) in [5, 5.41) is 19.5. The van der Waals surface area contributed by atoms with Gasteiger partial charge < -0.3 is 19.7 Å². The Bertz CT molecular complexity index is 376. The number of Topliss-reactive ketones (excluding diaryl/α,β-unsaturated/α-hetero) is 1. The highest BCUT2D eigenvalue weighted by molar-refractivity contribution is 5.86. The molecular weight excluding hydrogens is 374 g/mol. The predicted molar refractivity (Wildman–Crippen MR) is 78.4 cm³/mol. The number of ketones is 1. The van der Waals surface area contributed by atoms with Crippen molar-refractivity contribution in [3.63, 3.8) is 0 Å². The molecule has 26 heavy (non-hydrogen) atoms. The van der Waals surface area contributed by atoms with Crippen LogP contribution in [0.1, 0.15) is 39.5 Å². The number of aliphatic hydroxyl groups is 2. The molecule has 0 aliphatic carbocycles. The van der Waals surface area contributed by atoms with Crippen LogP contribution in [0.15, 0.2) is 0 Å². The average molecular weight is 398 g/mol. The molecule has 11 heteroatoms. The average Bonchev–Trinajstić information content (AvgIpc) is 2.43. The van der Waals surface area contributed by atoms with Crippen LogP contribution in [-0.4, -0.2) is 66.0 Å². The third-order valence-electron chi connectivity index (χ3n) is 3.35. The lowest BCUT2D eigenvalue weighted by atomic mass is 9.97. The minimum atomic E-state index is -4.59. The third kappa shape index (κ3) is 11.7. The van der Waals surface area contributed by atoms with E-state index in [2.05, 4.69) is 0 Å². The highest BCUT2D eigenvalue weighted by Gasteiger charge is 2.37. The third-order valence-corrected chi connectivity index (χ3v) is 3.35. The molecule has 2 unspecified atom stereocenters. The maximum absolute atomic E-state index is 12.4. The molecule has 0 aliphatic heterocycles. The van der Waals surface area contributed by atoms with Gasteiger partial charge in [-0.25, -0.2) is 0 Å². The first-order valence-corrected chi connectivity index (χ1v) is 8.05. The first-order valence-electron chi connectivity index (χ1n) is 8.05. The van der Waals surface area contributed by atoms with Gasteiger partial charge in [0.05, 0.1) is 25.0 Å². The van der Waals surface area contributed by atoms with Gasteiger partial charge in [-0.15, -0.1) is 0 Å². The fourth-order valence-electron chi connectivity index (χ4n) is 2.36. The van der Waals surface area contributed by atoms with Crippen molar-refractivity contribution in [3.8, 4) is 0 Å². The number of hydrogen-bond donors (Lipinski definition) is 2. The van der Waals surface area contributed by atoms with Crippen LogP contribution in [0.5, 0.6) is 0 Å². The summed E-state index contributed by atoms with van der Waals surface area (Å²) in [7, 11) is 0. The summed E-state index contributed by atoms with van der Waals surface area (Å²) in [5.41, 5.74) is 0. The molecule has 0 aromatic heterocycles. The summed E-state index contributed by atoms with van der Waals surface area (Å²) < 4.78 is 84.2. The zero-order chi connectivity index (χ0) is 20.5. The van der Waals surface area contributed by atoms with Crippen LogP contribution in [0, 0.1) is 0 Å². The molecule has 0 heterocycles. The fourth-order valence-corrected chi connectivity index (χ4v) is 2.36. The van der Waals surface area contributed by atoms with Gasteiger partial charge in [-0.1, -0.05) is 0 Å². The van der Waals surface area contributed by atoms with E-state index in [1.165, 1.54) is 13.8 Å². The van der Waals surface area contributed by atoms with E-state index in [1.54, 1.807) is 0 Å². The zero-order valence-electron chi connectivity index (χ0n) is 14.4. The van der Waals surface area contributed by atoms with Gasteiger partial charge in [0, 0.05) is 26.1 Å². The minimum absolute atomic E-state index is 0.0950. The molecule has 0 spiro atoms. The summed E-state index contributed by atoms with van der Waals surface area (Å²) in [5.74, 6) is -1.27. The van der Waals surface area contributed by atoms with Gasteiger partial charge in [-0.2, -0.15) is 26.3 Å². The first kappa shape index (κ1) is 25.1. The number of hydrogen-bond acceptors (Lipinski definition) is 5. The number of ether oxygens (including phenoxy) is 2. The van der Waals surface area contributed by atoms with Crippen molar-refractivity contribution < 1.29 is 50.8 Å². The molecule has 0 saturated carbocycles. The number of aliphatic hydroxyl groups excluding tert-OH is 2. The van der Waals surface area contributed by atoms with E-state index in [0.717, 1.165) is 0 Å². The molecule has 5 nitrogen and oxygen atoms in total. The molecule has 4 atom stereocenters. The van der Waals surface area contributed by atoms with Crippen molar-refractivity contribution in [1.82, 2.24) is 0 Å². The lowest BCUT2D eigenvalue weighted by Gasteiger charge is -2.24. The number of carbonyl (C=O) groups excluding carboxylic acids is 1. The Hall–Kier alpha value is -0.910.